The molecule has 0 aromatic carbocycles. The fraction of sp³-hybridized carbons (Fsp3) is 0.667. The number of halogens is 1. The molecule has 0 radical (unpaired) electrons. The van der Waals surface area contributed by atoms with Crippen LogP contribution in [0, 0.1) is 5.92 Å². The predicted octanol–water partition coefficient (Wildman–Crippen LogP) is 3.22. The van der Waals surface area contributed by atoms with E-state index in [0.717, 1.165) is 38.3 Å². The van der Waals surface area contributed by atoms with E-state index in [1.165, 1.54) is 4.88 Å². The van der Waals surface area contributed by atoms with E-state index in [1.54, 1.807) is 11.3 Å². The van der Waals surface area contributed by atoms with Crippen LogP contribution in [0.2, 0.25) is 0 Å². The fourth-order valence-corrected chi connectivity index (χ4v) is 2.71. The Balaban J connectivity index is 0.00000400. The lowest BCUT2D eigenvalue weighted by atomic mass is 10.0. The van der Waals surface area contributed by atoms with Gasteiger partial charge in [0.2, 0.25) is 0 Å². The van der Waals surface area contributed by atoms with Gasteiger partial charge < -0.3 is 15.7 Å². The first-order valence-corrected chi connectivity index (χ1v) is 8.33. The molecular weight excluding hydrogens is 397 g/mol. The molecule has 0 spiro atoms. The zero-order valence-electron chi connectivity index (χ0n) is 13.0. The van der Waals surface area contributed by atoms with Crippen LogP contribution in [0.15, 0.2) is 22.5 Å². The molecule has 1 aromatic heterocycles. The van der Waals surface area contributed by atoms with E-state index in [4.69, 9.17) is 5.11 Å². The molecule has 4 nitrogen and oxygen atoms in total. The smallest absolute Gasteiger partial charge is 0.191 e. The van der Waals surface area contributed by atoms with Crippen molar-refractivity contribution in [2.45, 2.75) is 39.7 Å². The average molecular weight is 425 g/mol. The van der Waals surface area contributed by atoms with Gasteiger partial charge in [-0.1, -0.05) is 19.4 Å². The molecule has 0 fully saturated rings. The summed E-state index contributed by atoms with van der Waals surface area (Å²) in [5, 5.41) is 17.8. The fourth-order valence-electron chi connectivity index (χ4n) is 2.08. The summed E-state index contributed by atoms with van der Waals surface area (Å²) in [6, 6.07) is 4.15. The number of rotatable bonds is 9. The zero-order valence-corrected chi connectivity index (χ0v) is 16.1. The number of aliphatic hydroxyl groups excluding tert-OH is 1. The molecule has 0 saturated carbocycles. The quantitative estimate of drug-likeness (QED) is 0.324. The van der Waals surface area contributed by atoms with Gasteiger partial charge >= 0.3 is 0 Å². The van der Waals surface area contributed by atoms with Crippen LogP contribution in [0.5, 0.6) is 0 Å². The summed E-state index contributed by atoms with van der Waals surface area (Å²) in [7, 11) is 0. The van der Waals surface area contributed by atoms with Crippen molar-refractivity contribution in [2.75, 3.05) is 19.7 Å². The molecule has 0 bridgehead atoms. The second kappa shape index (κ2) is 13.3. The molecule has 1 rings (SSSR count). The van der Waals surface area contributed by atoms with Crippen molar-refractivity contribution in [1.82, 2.24) is 10.6 Å². The Bertz CT molecular complexity index is 365. The molecule has 0 amide bonds. The molecule has 0 aliphatic carbocycles. The van der Waals surface area contributed by atoms with Crippen LogP contribution in [0.25, 0.3) is 0 Å². The van der Waals surface area contributed by atoms with Gasteiger partial charge in [-0.2, -0.15) is 0 Å². The van der Waals surface area contributed by atoms with Crippen molar-refractivity contribution in [3.05, 3.63) is 22.4 Å². The van der Waals surface area contributed by atoms with Crippen LogP contribution in [0.1, 0.15) is 38.0 Å². The van der Waals surface area contributed by atoms with Crippen molar-refractivity contribution < 1.29 is 5.11 Å². The number of thiophene rings is 1. The number of aliphatic imine (C=N–C) groups is 1. The van der Waals surface area contributed by atoms with E-state index in [-0.39, 0.29) is 30.6 Å². The van der Waals surface area contributed by atoms with Crippen molar-refractivity contribution in [2.24, 2.45) is 10.9 Å². The lowest BCUT2D eigenvalue weighted by Gasteiger charge is -2.18. The SMILES string of the molecule is CCCC(CCO)CNC(=NCc1cccs1)NCC.I. The molecule has 1 atom stereocenters. The third-order valence-electron chi connectivity index (χ3n) is 3.11. The lowest BCUT2D eigenvalue weighted by molar-refractivity contribution is 0.251. The second-order valence-electron chi connectivity index (χ2n) is 4.82. The molecule has 3 N–H and O–H groups in total. The topological polar surface area (TPSA) is 56.6 Å². The van der Waals surface area contributed by atoms with Gasteiger partial charge in [0.1, 0.15) is 0 Å². The molecule has 0 aliphatic heterocycles. The van der Waals surface area contributed by atoms with Gasteiger partial charge in [0.25, 0.3) is 0 Å². The summed E-state index contributed by atoms with van der Waals surface area (Å²) in [6.07, 6.45) is 3.14. The van der Waals surface area contributed by atoms with Crippen molar-refractivity contribution in [3.8, 4) is 0 Å². The molecule has 1 unspecified atom stereocenters. The Labute approximate surface area is 149 Å². The minimum absolute atomic E-state index is 0. The van der Waals surface area contributed by atoms with Gasteiger partial charge in [-0.25, -0.2) is 4.99 Å². The van der Waals surface area contributed by atoms with E-state index in [9.17, 15) is 0 Å². The van der Waals surface area contributed by atoms with Gasteiger partial charge in [-0.15, -0.1) is 35.3 Å². The van der Waals surface area contributed by atoms with Crippen LogP contribution in [0.3, 0.4) is 0 Å². The summed E-state index contributed by atoms with van der Waals surface area (Å²) in [5.74, 6) is 1.37. The van der Waals surface area contributed by atoms with E-state index in [2.05, 4.69) is 40.9 Å². The number of hydrogen-bond donors (Lipinski definition) is 3. The number of nitrogens with one attached hydrogen (secondary N) is 2. The first-order chi connectivity index (χ1) is 9.80. The maximum absolute atomic E-state index is 9.09. The zero-order chi connectivity index (χ0) is 14.6. The Morgan fingerprint density at radius 3 is 2.71 bits per heavy atom. The molecule has 21 heavy (non-hydrogen) atoms. The number of aliphatic hydroxyl groups is 1. The number of guanidine groups is 1. The number of hydrogen-bond acceptors (Lipinski definition) is 3. The molecule has 0 saturated heterocycles. The van der Waals surface area contributed by atoms with Crippen LogP contribution < -0.4 is 10.6 Å². The van der Waals surface area contributed by atoms with Gasteiger partial charge in [0.15, 0.2) is 5.96 Å². The molecule has 6 heteroatoms. The predicted molar refractivity (Wildman–Crippen MR) is 103 cm³/mol. The Morgan fingerprint density at radius 2 is 2.14 bits per heavy atom. The number of nitrogens with zero attached hydrogens (tertiary/aromatic N) is 1. The van der Waals surface area contributed by atoms with Crippen molar-refractivity contribution in [1.29, 1.82) is 0 Å². The van der Waals surface area contributed by atoms with Crippen LogP contribution >= 0.6 is 35.3 Å². The van der Waals surface area contributed by atoms with E-state index >= 15 is 0 Å². The van der Waals surface area contributed by atoms with Crippen LogP contribution in [-0.2, 0) is 6.54 Å². The first-order valence-electron chi connectivity index (χ1n) is 7.45. The minimum Gasteiger partial charge on any atom is -0.396 e. The highest BCUT2D eigenvalue weighted by Crippen LogP contribution is 2.10. The van der Waals surface area contributed by atoms with Crippen molar-refractivity contribution in [3.63, 3.8) is 0 Å². The first kappa shape index (κ1) is 20.7. The van der Waals surface area contributed by atoms with Gasteiger partial charge in [-0.05, 0) is 37.1 Å². The van der Waals surface area contributed by atoms with Gasteiger partial charge in [-0.3, -0.25) is 0 Å². The van der Waals surface area contributed by atoms with E-state index in [1.807, 2.05) is 6.07 Å². The van der Waals surface area contributed by atoms with Crippen LogP contribution in [-0.4, -0.2) is 30.8 Å². The highest BCUT2D eigenvalue weighted by atomic mass is 127. The normalized spacial score (nSPS) is 12.6. The monoisotopic (exact) mass is 425 g/mol. The summed E-state index contributed by atoms with van der Waals surface area (Å²) in [4.78, 5) is 5.86. The third kappa shape index (κ3) is 9.31. The summed E-state index contributed by atoms with van der Waals surface area (Å²) in [6.45, 7) is 6.94. The molecule has 1 aromatic rings. The van der Waals surface area contributed by atoms with E-state index < -0.39 is 0 Å². The Kier molecular flexibility index (Phi) is 13.1. The maximum Gasteiger partial charge on any atom is 0.191 e. The van der Waals surface area contributed by atoms with Crippen molar-refractivity contribution >= 4 is 41.3 Å². The molecular formula is C15H28IN3OS. The lowest BCUT2D eigenvalue weighted by Crippen LogP contribution is -2.40. The largest absolute Gasteiger partial charge is 0.396 e. The van der Waals surface area contributed by atoms with E-state index in [0.29, 0.717) is 12.5 Å². The van der Waals surface area contributed by atoms with Gasteiger partial charge in [0.05, 0.1) is 6.54 Å². The molecule has 0 aliphatic rings. The summed E-state index contributed by atoms with van der Waals surface area (Å²) < 4.78 is 0. The van der Waals surface area contributed by atoms with Crippen LogP contribution in [0.4, 0.5) is 0 Å². The molecule has 1 heterocycles. The maximum atomic E-state index is 9.09. The summed E-state index contributed by atoms with van der Waals surface area (Å²) in [5.41, 5.74) is 0. The standard InChI is InChI=1S/C15H27N3OS.HI/c1-3-6-13(8-9-19)11-17-15(16-4-2)18-12-14-7-5-10-20-14;/h5,7,10,13,19H,3-4,6,8-9,11-12H2,1-2H3,(H2,16,17,18);1H. The Hall–Kier alpha value is -0.340. The minimum atomic E-state index is 0. The highest BCUT2D eigenvalue weighted by molar-refractivity contribution is 14.0. The van der Waals surface area contributed by atoms with Gasteiger partial charge in [0, 0.05) is 24.6 Å². The third-order valence-corrected chi connectivity index (χ3v) is 3.97. The second-order valence-corrected chi connectivity index (χ2v) is 5.85. The average Bonchev–Trinajstić information content (AvgIpc) is 2.95. The Morgan fingerprint density at radius 1 is 1.33 bits per heavy atom. The summed E-state index contributed by atoms with van der Waals surface area (Å²) >= 11 is 1.73. The molecule has 122 valence electrons. The highest BCUT2D eigenvalue weighted by Gasteiger charge is 2.08.